The predicted octanol–water partition coefficient (Wildman–Crippen LogP) is 7.97. The van der Waals surface area contributed by atoms with Crippen LogP contribution in [0.15, 0.2) is 97.1 Å². The Kier molecular flexibility index (Phi) is 7.04. The Balaban J connectivity index is 1.65. The molecule has 0 unspecified atom stereocenters. The summed E-state index contributed by atoms with van der Waals surface area (Å²) in [6.45, 7) is 3.01. The molecule has 3 N–H and O–H groups in total. The topological polar surface area (TPSA) is 38.0 Å². The first-order valence-electron chi connectivity index (χ1n) is 10.7. The molecular formula is C28H26Cl2N2. The second-order valence-electron chi connectivity index (χ2n) is 8.08. The maximum Gasteiger partial charge on any atom is 0.0577 e. The number of hydrogen-bond acceptors (Lipinski definition) is 2. The van der Waals surface area contributed by atoms with Gasteiger partial charge in [0, 0.05) is 22.5 Å². The first-order chi connectivity index (χ1) is 15.5. The number of nitrogens with two attached hydrogens (primary N) is 1. The Morgan fingerprint density at radius 1 is 0.688 bits per heavy atom. The number of anilines is 2. The molecule has 0 saturated carbocycles. The van der Waals surface area contributed by atoms with Crippen molar-refractivity contribution in [3.8, 4) is 0 Å². The molecule has 2 nitrogen and oxygen atoms in total. The van der Waals surface area contributed by atoms with Crippen LogP contribution in [0.5, 0.6) is 0 Å². The molecule has 162 valence electrons. The van der Waals surface area contributed by atoms with Crippen molar-refractivity contribution in [3.05, 3.63) is 129 Å². The summed E-state index contributed by atoms with van der Waals surface area (Å²) in [5, 5.41) is 5.00. The molecule has 4 aromatic carbocycles. The smallest absolute Gasteiger partial charge is 0.0577 e. The molecule has 4 aromatic rings. The van der Waals surface area contributed by atoms with Crippen LogP contribution in [0.4, 0.5) is 11.4 Å². The van der Waals surface area contributed by atoms with Gasteiger partial charge in [0.05, 0.1) is 11.4 Å². The molecule has 0 saturated heterocycles. The Labute approximate surface area is 200 Å². The molecule has 0 aromatic heterocycles. The summed E-state index contributed by atoms with van der Waals surface area (Å²) in [7, 11) is 0. The number of nitrogens with one attached hydrogen (secondary N) is 1. The minimum absolute atomic E-state index is 0.0391. The molecule has 0 heterocycles. The van der Waals surface area contributed by atoms with Crippen molar-refractivity contribution in [2.24, 2.45) is 0 Å². The largest absolute Gasteiger partial charge is 0.397 e. The van der Waals surface area contributed by atoms with Crippen LogP contribution in [0.25, 0.3) is 0 Å². The molecule has 1 atom stereocenters. The highest BCUT2D eigenvalue weighted by molar-refractivity contribution is 6.30. The molecule has 0 aliphatic rings. The van der Waals surface area contributed by atoms with Crippen molar-refractivity contribution in [3.63, 3.8) is 0 Å². The summed E-state index contributed by atoms with van der Waals surface area (Å²) < 4.78 is 0. The quantitative estimate of drug-likeness (QED) is 0.216. The first kappa shape index (κ1) is 22.3. The second-order valence-corrected chi connectivity index (χ2v) is 8.95. The molecule has 4 rings (SSSR count). The number of halogens is 2. The van der Waals surface area contributed by atoms with Crippen molar-refractivity contribution < 1.29 is 0 Å². The highest BCUT2D eigenvalue weighted by Crippen LogP contribution is 2.36. The van der Waals surface area contributed by atoms with Gasteiger partial charge in [-0.1, -0.05) is 90.8 Å². The van der Waals surface area contributed by atoms with E-state index in [9.17, 15) is 0 Å². The summed E-state index contributed by atoms with van der Waals surface area (Å²) in [6, 6.07) is 32.7. The van der Waals surface area contributed by atoms with Gasteiger partial charge in [0.15, 0.2) is 0 Å². The van der Waals surface area contributed by atoms with E-state index in [1.807, 2.05) is 36.4 Å². The summed E-state index contributed by atoms with van der Waals surface area (Å²) in [4.78, 5) is 0. The molecule has 32 heavy (non-hydrogen) atoms. The lowest BCUT2D eigenvalue weighted by Gasteiger charge is -2.22. The highest BCUT2D eigenvalue weighted by Gasteiger charge is 2.18. The van der Waals surface area contributed by atoms with Gasteiger partial charge in [-0.2, -0.15) is 0 Å². The number of hydrogen-bond donors (Lipinski definition) is 2. The zero-order valence-electron chi connectivity index (χ0n) is 17.9. The molecule has 0 fully saturated rings. The van der Waals surface area contributed by atoms with Gasteiger partial charge in [-0.15, -0.1) is 0 Å². The van der Waals surface area contributed by atoms with Crippen LogP contribution in [0.1, 0.15) is 41.0 Å². The third kappa shape index (κ3) is 5.27. The van der Waals surface area contributed by atoms with Crippen molar-refractivity contribution in [1.29, 1.82) is 0 Å². The average molecular weight is 461 g/mol. The van der Waals surface area contributed by atoms with Gasteiger partial charge in [0.1, 0.15) is 0 Å². The van der Waals surface area contributed by atoms with Crippen LogP contribution in [-0.2, 0) is 0 Å². The van der Waals surface area contributed by atoms with E-state index in [1.54, 1.807) is 0 Å². The fourth-order valence-electron chi connectivity index (χ4n) is 3.96. The summed E-state index contributed by atoms with van der Waals surface area (Å²) >= 11 is 12.3. The Bertz CT molecular complexity index is 1110. The number of benzene rings is 4. The molecule has 0 amide bonds. The van der Waals surface area contributed by atoms with Gasteiger partial charge in [0.25, 0.3) is 0 Å². The minimum Gasteiger partial charge on any atom is -0.397 e. The van der Waals surface area contributed by atoms with Crippen LogP contribution in [-0.4, -0.2) is 6.54 Å². The third-order valence-corrected chi connectivity index (χ3v) is 6.29. The summed E-state index contributed by atoms with van der Waals surface area (Å²) in [5.74, 6) is 0.403. The van der Waals surface area contributed by atoms with Crippen LogP contribution in [0, 0.1) is 0 Å². The van der Waals surface area contributed by atoms with Crippen LogP contribution >= 0.6 is 23.2 Å². The van der Waals surface area contributed by atoms with E-state index in [-0.39, 0.29) is 5.92 Å². The van der Waals surface area contributed by atoms with E-state index in [1.165, 1.54) is 5.56 Å². The molecule has 0 aliphatic heterocycles. The van der Waals surface area contributed by atoms with Crippen molar-refractivity contribution >= 4 is 34.6 Å². The average Bonchev–Trinajstić information content (AvgIpc) is 2.82. The SMILES string of the molecule is C[C@H](CNc1cc(C(c2ccc(Cl)cc2)c2ccc(Cl)cc2)ccc1N)c1ccccc1. The monoisotopic (exact) mass is 460 g/mol. The first-order valence-corrected chi connectivity index (χ1v) is 11.5. The zero-order chi connectivity index (χ0) is 22.5. The van der Waals surface area contributed by atoms with Gasteiger partial charge < -0.3 is 11.1 Å². The Morgan fingerprint density at radius 3 is 1.78 bits per heavy atom. The lowest BCUT2D eigenvalue weighted by molar-refractivity contribution is 0.805. The normalized spacial score (nSPS) is 12.0. The molecule has 4 heteroatoms. The lowest BCUT2D eigenvalue weighted by Crippen LogP contribution is -2.12. The molecule has 0 aliphatic carbocycles. The molecule has 0 spiro atoms. The van der Waals surface area contributed by atoms with E-state index < -0.39 is 0 Å². The van der Waals surface area contributed by atoms with Gasteiger partial charge >= 0.3 is 0 Å². The van der Waals surface area contributed by atoms with Crippen LogP contribution in [0.2, 0.25) is 10.0 Å². The zero-order valence-corrected chi connectivity index (χ0v) is 19.4. The van der Waals surface area contributed by atoms with Crippen LogP contribution in [0.3, 0.4) is 0 Å². The second kappa shape index (κ2) is 10.1. The summed E-state index contributed by atoms with van der Waals surface area (Å²) in [5.41, 5.74) is 12.8. The van der Waals surface area contributed by atoms with Gasteiger partial charge in [-0.25, -0.2) is 0 Å². The van der Waals surface area contributed by atoms with E-state index in [0.29, 0.717) is 5.92 Å². The van der Waals surface area contributed by atoms with Crippen LogP contribution < -0.4 is 11.1 Å². The number of rotatable bonds is 7. The molecule has 0 radical (unpaired) electrons. The maximum absolute atomic E-state index is 6.33. The summed E-state index contributed by atoms with van der Waals surface area (Å²) in [6.07, 6.45) is 0. The minimum atomic E-state index is 0.0391. The van der Waals surface area contributed by atoms with Gasteiger partial charge in [0.2, 0.25) is 0 Å². The Hall–Kier alpha value is -2.94. The number of nitrogen functional groups attached to an aromatic ring is 1. The Morgan fingerprint density at radius 2 is 1.22 bits per heavy atom. The molecular weight excluding hydrogens is 435 g/mol. The fourth-order valence-corrected chi connectivity index (χ4v) is 4.21. The predicted molar refractivity (Wildman–Crippen MR) is 138 cm³/mol. The van der Waals surface area contributed by atoms with E-state index >= 15 is 0 Å². The fraction of sp³-hybridized carbons (Fsp3) is 0.143. The lowest BCUT2D eigenvalue weighted by atomic mass is 9.85. The van der Waals surface area contributed by atoms with E-state index in [4.69, 9.17) is 28.9 Å². The molecule has 0 bridgehead atoms. The van der Waals surface area contributed by atoms with Gasteiger partial charge in [-0.3, -0.25) is 0 Å². The highest BCUT2D eigenvalue weighted by atomic mass is 35.5. The van der Waals surface area contributed by atoms with Gasteiger partial charge in [-0.05, 0) is 64.6 Å². The van der Waals surface area contributed by atoms with Crippen molar-refractivity contribution in [2.45, 2.75) is 18.8 Å². The standard InChI is InChI=1S/C28H26Cl2N2/c1-19(20-5-3-2-4-6-20)18-32-27-17-23(11-16-26(27)31)28(21-7-12-24(29)13-8-21)22-9-14-25(30)15-10-22/h2-17,19,28,32H,18,31H2,1H3/t19-/m1/s1. The maximum atomic E-state index is 6.33. The van der Waals surface area contributed by atoms with E-state index in [2.05, 4.69) is 72.9 Å². The third-order valence-electron chi connectivity index (χ3n) is 5.78. The van der Waals surface area contributed by atoms with E-state index in [0.717, 1.165) is 44.7 Å². The van der Waals surface area contributed by atoms with Crippen molar-refractivity contribution in [2.75, 3.05) is 17.6 Å². The van der Waals surface area contributed by atoms with Crippen molar-refractivity contribution in [1.82, 2.24) is 0 Å².